The van der Waals surface area contributed by atoms with Gasteiger partial charge < -0.3 is 14.5 Å². The van der Waals surface area contributed by atoms with E-state index in [1.807, 2.05) is 24.8 Å². The SMILES string of the molecule is CCOC(=O)C1CCN(C(=O)C2CCCN(c3nccc(C)n3)C2)CC1. The van der Waals surface area contributed by atoms with Crippen molar-refractivity contribution in [3.05, 3.63) is 18.0 Å². The molecule has 26 heavy (non-hydrogen) atoms. The molecule has 0 aliphatic carbocycles. The third kappa shape index (κ3) is 4.31. The van der Waals surface area contributed by atoms with Crippen LogP contribution in [0.25, 0.3) is 0 Å². The monoisotopic (exact) mass is 360 g/mol. The van der Waals surface area contributed by atoms with Crippen molar-refractivity contribution in [3.63, 3.8) is 0 Å². The lowest BCUT2D eigenvalue weighted by molar-refractivity contribution is -0.151. The molecular formula is C19H28N4O3. The average Bonchev–Trinajstić information content (AvgIpc) is 2.68. The third-order valence-corrected chi connectivity index (χ3v) is 5.26. The first-order valence-electron chi connectivity index (χ1n) is 9.58. The minimum Gasteiger partial charge on any atom is -0.466 e. The summed E-state index contributed by atoms with van der Waals surface area (Å²) in [5, 5.41) is 0. The van der Waals surface area contributed by atoms with Gasteiger partial charge >= 0.3 is 5.97 Å². The molecule has 2 fully saturated rings. The second-order valence-electron chi connectivity index (χ2n) is 7.13. The molecule has 0 bridgehead atoms. The predicted molar refractivity (Wildman–Crippen MR) is 97.6 cm³/mol. The molecule has 2 aliphatic heterocycles. The van der Waals surface area contributed by atoms with Gasteiger partial charge in [-0.25, -0.2) is 9.97 Å². The third-order valence-electron chi connectivity index (χ3n) is 5.26. The van der Waals surface area contributed by atoms with E-state index in [-0.39, 0.29) is 23.7 Å². The van der Waals surface area contributed by atoms with Crippen molar-refractivity contribution >= 4 is 17.8 Å². The average molecular weight is 360 g/mol. The molecule has 2 aliphatic rings. The number of ether oxygens (including phenoxy) is 1. The molecule has 142 valence electrons. The molecule has 0 saturated carbocycles. The standard InChI is InChI=1S/C19H28N4O3/c1-3-26-18(25)15-7-11-22(12-8-15)17(24)16-5-4-10-23(13-16)19-20-9-6-14(2)21-19/h6,9,15-16H,3-5,7-8,10-13H2,1-2H3. The summed E-state index contributed by atoms with van der Waals surface area (Å²) in [5.74, 6) is 0.697. The highest BCUT2D eigenvalue weighted by Crippen LogP contribution is 2.25. The summed E-state index contributed by atoms with van der Waals surface area (Å²) >= 11 is 0. The van der Waals surface area contributed by atoms with E-state index in [4.69, 9.17) is 4.74 Å². The normalized spacial score (nSPS) is 21.5. The Morgan fingerprint density at radius 1 is 1.19 bits per heavy atom. The van der Waals surface area contributed by atoms with E-state index in [1.54, 1.807) is 6.20 Å². The van der Waals surface area contributed by atoms with Crippen molar-refractivity contribution < 1.29 is 14.3 Å². The maximum Gasteiger partial charge on any atom is 0.309 e. The van der Waals surface area contributed by atoms with Crippen LogP contribution in [0, 0.1) is 18.8 Å². The highest BCUT2D eigenvalue weighted by molar-refractivity contribution is 5.80. The van der Waals surface area contributed by atoms with Crippen LogP contribution >= 0.6 is 0 Å². The van der Waals surface area contributed by atoms with E-state index < -0.39 is 0 Å². The Bertz CT molecular complexity index is 643. The van der Waals surface area contributed by atoms with E-state index in [2.05, 4.69) is 14.9 Å². The second-order valence-corrected chi connectivity index (χ2v) is 7.13. The maximum atomic E-state index is 12.9. The molecule has 7 heteroatoms. The van der Waals surface area contributed by atoms with Gasteiger partial charge in [0.25, 0.3) is 0 Å². The Morgan fingerprint density at radius 3 is 2.65 bits per heavy atom. The zero-order valence-electron chi connectivity index (χ0n) is 15.7. The van der Waals surface area contributed by atoms with Gasteiger partial charge in [-0.05, 0) is 45.6 Å². The molecule has 1 aromatic heterocycles. The van der Waals surface area contributed by atoms with Gasteiger partial charge in [0.05, 0.1) is 18.4 Å². The van der Waals surface area contributed by atoms with Crippen LogP contribution in [0.1, 0.15) is 38.3 Å². The van der Waals surface area contributed by atoms with E-state index >= 15 is 0 Å². The Balaban J connectivity index is 1.56. The first-order valence-corrected chi connectivity index (χ1v) is 9.58. The molecule has 1 unspecified atom stereocenters. The maximum absolute atomic E-state index is 12.9. The van der Waals surface area contributed by atoms with Crippen molar-refractivity contribution in [1.82, 2.24) is 14.9 Å². The van der Waals surface area contributed by atoms with Crippen molar-refractivity contribution in [2.24, 2.45) is 11.8 Å². The van der Waals surface area contributed by atoms with Gasteiger partial charge in [0.1, 0.15) is 0 Å². The number of carbonyl (C=O) groups excluding carboxylic acids is 2. The Labute approximate surface area is 154 Å². The van der Waals surface area contributed by atoms with E-state index in [0.717, 1.165) is 25.1 Å². The van der Waals surface area contributed by atoms with Crippen LogP contribution in [0.15, 0.2) is 12.3 Å². The molecule has 1 amide bonds. The highest BCUT2D eigenvalue weighted by atomic mass is 16.5. The number of amides is 1. The quantitative estimate of drug-likeness (QED) is 0.762. The fourth-order valence-corrected chi connectivity index (χ4v) is 3.80. The number of rotatable bonds is 4. The second kappa shape index (κ2) is 8.47. The smallest absolute Gasteiger partial charge is 0.309 e. The number of piperidine rings is 2. The minimum atomic E-state index is -0.125. The van der Waals surface area contributed by atoms with Gasteiger partial charge in [0, 0.05) is 38.1 Å². The summed E-state index contributed by atoms with van der Waals surface area (Å²) < 4.78 is 5.10. The molecule has 3 heterocycles. The summed E-state index contributed by atoms with van der Waals surface area (Å²) in [6.45, 7) is 7.02. The van der Waals surface area contributed by atoms with Crippen LogP contribution in [-0.4, -0.2) is 59.5 Å². The number of nitrogens with zero attached hydrogens (tertiary/aromatic N) is 4. The molecule has 2 saturated heterocycles. The van der Waals surface area contributed by atoms with Crippen molar-refractivity contribution in [1.29, 1.82) is 0 Å². The van der Waals surface area contributed by atoms with Gasteiger partial charge in [0.2, 0.25) is 11.9 Å². The van der Waals surface area contributed by atoms with Crippen molar-refractivity contribution in [2.45, 2.75) is 39.5 Å². The molecule has 0 spiro atoms. The number of aryl methyl sites for hydroxylation is 1. The minimum absolute atomic E-state index is 0.0213. The lowest BCUT2D eigenvalue weighted by Crippen LogP contribution is -2.48. The predicted octanol–water partition coefficient (Wildman–Crippen LogP) is 1.80. The van der Waals surface area contributed by atoms with Crippen LogP contribution in [0.3, 0.4) is 0 Å². The van der Waals surface area contributed by atoms with Gasteiger partial charge in [-0.3, -0.25) is 9.59 Å². The molecule has 3 rings (SSSR count). The molecule has 0 radical (unpaired) electrons. The summed E-state index contributed by atoms with van der Waals surface area (Å²) in [6.07, 6.45) is 5.03. The largest absolute Gasteiger partial charge is 0.466 e. The van der Waals surface area contributed by atoms with Gasteiger partial charge in [-0.1, -0.05) is 0 Å². The summed E-state index contributed by atoms with van der Waals surface area (Å²) in [4.78, 5) is 37.7. The van der Waals surface area contributed by atoms with E-state index in [1.165, 1.54) is 0 Å². The Kier molecular flexibility index (Phi) is 6.06. The topological polar surface area (TPSA) is 75.6 Å². The molecule has 7 nitrogen and oxygen atoms in total. The summed E-state index contributed by atoms with van der Waals surface area (Å²) in [7, 11) is 0. The van der Waals surface area contributed by atoms with E-state index in [0.29, 0.717) is 45.0 Å². The van der Waals surface area contributed by atoms with E-state index in [9.17, 15) is 9.59 Å². The van der Waals surface area contributed by atoms with Crippen LogP contribution < -0.4 is 4.90 Å². The van der Waals surface area contributed by atoms with Gasteiger partial charge in [-0.15, -0.1) is 0 Å². The highest BCUT2D eigenvalue weighted by Gasteiger charge is 2.34. The number of hydrogen-bond acceptors (Lipinski definition) is 6. The number of aromatic nitrogens is 2. The number of likely N-dealkylation sites (tertiary alicyclic amines) is 1. The number of anilines is 1. The first-order chi connectivity index (χ1) is 12.6. The van der Waals surface area contributed by atoms with Crippen LogP contribution in [0.4, 0.5) is 5.95 Å². The Hall–Kier alpha value is -2.18. The fourth-order valence-electron chi connectivity index (χ4n) is 3.80. The Morgan fingerprint density at radius 2 is 1.96 bits per heavy atom. The van der Waals surface area contributed by atoms with Gasteiger partial charge in [-0.2, -0.15) is 0 Å². The van der Waals surface area contributed by atoms with Gasteiger partial charge in [0.15, 0.2) is 0 Å². The molecular weight excluding hydrogens is 332 g/mol. The lowest BCUT2D eigenvalue weighted by Gasteiger charge is -2.37. The first kappa shape index (κ1) is 18.6. The zero-order chi connectivity index (χ0) is 18.5. The number of carbonyl (C=O) groups is 2. The fraction of sp³-hybridized carbons (Fsp3) is 0.684. The molecule has 1 aromatic rings. The summed E-state index contributed by atoms with van der Waals surface area (Å²) in [6, 6.07) is 1.88. The molecule has 0 aromatic carbocycles. The summed E-state index contributed by atoms with van der Waals surface area (Å²) in [5.41, 5.74) is 0.935. The zero-order valence-corrected chi connectivity index (χ0v) is 15.7. The van der Waals surface area contributed by atoms with Crippen molar-refractivity contribution in [2.75, 3.05) is 37.7 Å². The van der Waals surface area contributed by atoms with Crippen LogP contribution in [-0.2, 0) is 14.3 Å². The lowest BCUT2D eigenvalue weighted by atomic mass is 9.93. The van der Waals surface area contributed by atoms with Crippen LogP contribution in [0.5, 0.6) is 0 Å². The van der Waals surface area contributed by atoms with Crippen molar-refractivity contribution in [3.8, 4) is 0 Å². The van der Waals surface area contributed by atoms with Crippen LogP contribution in [0.2, 0.25) is 0 Å². The molecule has 0 N–H and O–H groups in total. The number of esters is 1. The number of hydrogen-bond donors (Lipinski definition) is 0. The molecule has 1 atom stereocenters.